The second kappa shape index (κ2) is 15.1. The van der Waals surface area contributed by atoms with Gasteiger partial charge >= 0.3 is 11.9 Å². The zero-order chi connectivity index (χ0) is 25.7. The van der Waals surface area contributed by atoms with Crippen molar-refractivity contribution in [3.8, 4) is 0 Å². The average Bonchev–Trinajstić information content (AvgIpc) is 2.73. The number of primary amides is 1. The summed E-state index contributed by atoms with van der Waals surface area (Å²) < 4.78 is 0. The van der Waals surface area contributed by atoms with Crippen LogP contribution in [0.15, 0.2) is 0 Å². The van der Waals surface area contributed by atoms with Crippen molar-refractivity contribution in [2.45, 2.75) is 63.7 Å². The number of thioether (sulfide) groups is 1. The maximum absolute atomic E-state index is 12.7. The first-order chi connectivity index (χ1) is 15.3. The molecule has 0 bridgehead atoms. The molecule has 4 amide bonds. The van der Waals surface area contributed by atoms with Gasteiger partial charge in [0.25, 0.3) is 0 Å². The number of carboxylic acids is 2. The van der Waals surface area contributed by atoms with Crippen LogP contribution in [0.5, 0.6) is 0 Å². The van der Waals surface area contributed by atoms with Crippen molar-refractivity contribution in [2.75, 3.05) is 12.0 Å². The number of carbonyl (C=O) groups is 6. The number of amides is 4. The highest BCUT2D eigenvalue weighted by Gasteiger charge is 2.32. The first-order valence-corrected chi connectivity index (χ1v) is 11.6. The van der Waals surface area contributed by atoms with Gasteiger partial charge in [-0.2, -0.15) is 11.8 Å². The maximum Gasteiger partial charge on any atom is 0.326 e. The minimum atomic E-state index is -1.60. The number of aliphatic carboxylic acids is 2. The quantitative estimate of drug-likeness (QED) is 0.125. The summed E-state index contributed by atoms with van der Waals surface area (Å²) in [5.74, 6) is -6.22. The minimum Gasteiger partial charge on any atom is -0.481 e. The number of hydrogen-bond donors (Lipinski definition) is 7. The summed E-state index contributed by atoms with van der Waals surface area (Å²) in [4.78, 5) is 71.3. The van der Waals surface area contributed by atoms with Gasteiger partial charge < -0.3 is 37.6 Å². The molecule has 0 spiro atoms. The fourth-order valence-corrected chi connectivity index (χ4v) is 3.09. The Kier molecular flexibility index (Phi) is 13.7. The zero-order valence-electron chi connectivity index (χ0n) is 18.8. The zero-order valence-corrected chi connectivity index (χ0v) is 19.6. The van der Waals surface area contributed by atoms with Crippen LogP contribution in [0.3, 0.4) is 0 Å². The summed E-state index contributed by atoms with van der Waals surface area (Å²) >= 11 is 1.35. The fraction of sp³-hybridized carbons (Fsp3) is 0.684. The van der Waals surface area contributed by atoms with Gasteiger partial charge in [0.1, 0.15) is 18.1 Å². The summed E-state index contributed by atoms with van der Waals surface area (Å²) in [5, 5.41) is 25.1. The normalized spacial score (nSPS) is 15.3. The molecule has 14 heteroatoms. The van der Waals surface area contributed by atoms with Crippen molar-refractivity contribution in [3.63, 3.8) is 0 Å². The van der Waals surface area contributed by atoms with Crippen molar-refractivity contribution in [1.82, 2.24) is 16.0 Å². The van der Waals surface area contributed by atoms with Crippen LogP contribution < -0.4 is 27.4 Å². The molecule has 0 aliphatic rings. The summed E-state index contributed by atoms with van der Waals surface area (Å²) in [6.07, 6.45) is 0.976. The topological polar surface area (TPSA) is 231 Å². The van der Waals surface area contributed by atoms with Crippen molar-refractivity contribution in [1.29, 1.82) is 0 Å². The molecule has 0 saturated carbocycles. The Morgan fingerprint density at radius 3 is 1.85 bits per heavy atom. The van der Waals surface area contributed by atoms with Gasteiger partial charge in [0, 0.05) is 0 Å². The van der Waals surface area contributed by atoms with E-state index in [1.54, 1.807) is 13.2 Å². The van der Waals surface area contributed by atoms with E-state index in [-0.39, 0.29) is 12.3 Å². The lowest BCUT2D eigenvalue weighted by molar-refractivity contribution is -0.144. The molecule has 0 saturated heterocycles. The van der Waals surface area contributed by atoms with Gasteiger partial charge in [-0.15, -0.1) is 0 Å². The molecule has 0 radical (unpaired) electrons. The Balaban J connectivity index is 5.53. The van der Waals surface area contributed by atoms with Gasteiger partial charge in [0.05, 0.1) is 18.9 Å². The first kappa shape index (κ1) is 30.1. The Morgan fingerprint density at radius 1 is 0.879 bits per heavy atom. The molecule has 33 heavy (non-hydrogen) atoms. The van der Waals surface area contributed by atoms with Crippen LogP contribution in [0, 0.1) is 5.92 Å². The van der Waals surface area contributed by atoms with E-state index in [1.165, 1.54) is 11.8 Å². The van der Waals surface area contributed by atoms with Gasteiger partial charge in [0.2, 0.25) is 23.6 Å². The molecule has 0 aliphatic carbocycles. The van der Waals surface area contributed by atoms with Gasteiger partial charge in [-0.3, -0.25) is 24.0 Å². The van der Waals surface area contributed by atoms with Crippen LogP contribution in [-0.2, 0) is 28.8 Å². The lowest BCUT2D eigenvalue weighted by Gasteiger charge is -2.25. The second-order valence-corrected chi connectivity index (χ2v) is 8.47. The maximum atomic E-state index is 12.7. The van der Waals surface area contributed by atoms with Gasteiger partial charge in [-0.1, -0.05) is 20.3 Å². The molecular formula is C19H33N5O8S. The van der Waals surface area contributed by atoms with E-state index < -0.39 is 72.6 Å². The van der Waals surface area contributed by atoms with Crippen molar-refractivity contribution < 1.29 is 39.0 Å². The first-order valence-electron chi connectivity index (χ1n) is 10.2. The minimum absolute atomic E-state index is 0.0712. The summed E-state index contributed by atoms with van der Waals surface area (Å²) in [5.41, 5.74) is 10.8. The number of nitrogens with two attached hydrogens (primary N) is 2. The van der Waals surface area contributed by atoms with Crippen LogP contribution in [0.4, 0.5) is 0 Å². The molecule has 5 unspecified atom stereocenters. The molecule has 0 aromatic heterocycles. The number of hydrogen-bond acceptors (Lipinski definition) is 8. The predicted molar refractivity (Wildman–Crippen MR) is 120 cm³/mol. The predicted octanol–water partition coefficient (Wildman–Crippen LogP) is -2.00. The molecule has 0 heterocycles. The monoisotopic (exact) mass is 491 g/mol. The van der Waals surface area contributed by atoms with E-state index in [2.05, 4.69) is 16.0 Å². The number of carbonyl (C=O) groups excluding carboxylic acids is 4. The third kappa shape index (κ3) is 11.5. The molecule has 9 N–H and O–H groups in total. The van der Waals surface area contributed by atoms with E-state index in [0.29, 0.717) is 12.2 Å². The van der Waals surface area contributed by atoms with Crippen LogP contribution in [-0.4, -0.2) is 82.0 Å². The SMILES string of the molecule is CCC(C)C(N)C(=O)NC(CC(=O)O)C(=O)NC(CCSC)C(=O)NC(CC(N)=O)C(=O)O. The second-order valence-electron chi connectivity index (χ2n) is 7.48. The molecule has 0 aliphatic heterocycles. The Hall–Kier alpha value is -2.87. The highest BCUT2D eigenvalue weighted by Crippen LogP contribution is 2.07. The Labute approximate surface area is 195 Å². The van der Waals surface area contributed by atoms with E-state index in [4.69, 9.17) is 16.6 Å². The number of nitrogens with one attached hydrogen (secondary N) is 3. The van der Waals surface area contributed by atoms with Gasteiger partial charge in [-0.25, -0.2) is 4.79 Å². The van der Waals surface area contributed by atoms with E-state index >= 15 is 0 Å². The lowest BCUT2D eigenvalue weighted by Crippen LogP contribution is -2.58. The number of carboxylic acid groups (broad SMARTS) is 2. The van der Waals surface area contributed by atoms with Gasteiger partial charge in [-0.05, 0) is 24.3 Å². The lowest BCUT2D eigenvalue weighted by atomic mass is 9.99. The van der Waals surface area contributed by atoms with Crippen LogP contribution in [0.2, 0.25) is 0 Å². The third-order valence-corrected chi connectivity index (χ3v) is 5.48. The van der Waals surface area contributed by atoms with Crippen LogP contribution in [0.25, 0.3) is 0 Å². The summed E-state index contributed by atoms with van der Waals surface area (Å²) in [7, 11) is 0. The van der Waals surface area contributed by atoms with E-state index in [9.17, 15) is 33.9 Å². The smallest absolute Gasteiger partial charge is 0.326 e. The Bertz CT molecular complexity index is 735. The fourth-order valence-electron chi connectivity index (χ4n) is 2.61. The average molecular weight is 492 g/mol. The third-order valence-electron chi connectivity index (χ3n) is 4.83. The van der Waals surface area contributed by atoms with Crippen LogP contribution >= 0.6 is 11.8 Å². The summed E-state index contributed by atoms with van der Waals surface area (Å²) in [6, 6.07) is -5.35. The van der Waals surface area contributed by atoms with Crippen molar-refractivity contribution >= 4 is 47.3 Å². The van der Waals surface area contributed by atoms with E-state index in [0.717, 1.165) is 0 Å². The molecule has 0 aromatic carbocycles. The highest BCUT2D eigenvalue weighted by molar-refractivity contribution is 7.98. The highest BCUT2D eigenvalue weighted by atomic mass is 32.2. The molecule has 5 atom stereocenters. The molecule has 0 aromatic rings. The van der Waals surface area contributed by atoms with Crippen LogP contribution in [0.1, 0.15) is 39.5 Å². The molecular weight excluding hydrogens is 458 g/mol. The summed E-state index contributed by atoms with van der Waals surface area (Å²) in [6.45, 7) is 3.54. The van der Waals surface area contributed by atoms with Gasteiger partial charge in [0.15, 0.2) is 0 Å². The standard InChI is InChI=1S/C19H33N5O8S/c1-4-9(2)15(21)18(30)23-11(8-14(26)27)17(29)22-10(5-6-33-3)16(28)24-12(19(31)32)7-13(20)25/h9-12,15H,4-8,21H2,1-3H3,(H2,20,25)(H,22,29)(H,23,30)(H,24,28)(H,26,27)(H,31,32). The number of rotatable bonds is 16. The largest absolute Gasteiger partial charge is 0.481 e. The molecule has 188 valence electrons. The molecule has 0 fully saturated rings. The van der Waals surface area contributed by atoms with Crippen molar-refractivity contribution in [2.24, 2.45) is 17.4 Å². The molecule has 0 rings (SSSR count). The molecule has 13 nitrogen and oxygen atoms in total. The van der Waals surface area contributed by atoms with Crippen molar-refractivity contribution in [3.05, 3.63) is 0 Å². The Morgan fingerprint density at radius 2 is 1.39 bits per heavy atom. The van der Waals surface area contributed by atoms with E-state index in [1.807, 2.05) is 6.92 Å².